The van der Waals surface area contributed by atoms with Gasteiger partial charge in [-0.25, -0.2) is 4.79 Å². The van der Waals surface area contributed by atoms with Gasteiger partial charge in [0.2, 0.25) is 5.76 Å². The molecule has 1 saturated heterocycles. The van der Waals surface area contributed by atoms with Crippen LogP contribution in [0, 0.1) is 0 Å². The van der Waals surface area contributed by atoms with E-state index in [-0.39, 0.29) is 17.6 Å². The smallest absolute Gasteiger partial charge is 0.326 e. The van der Waals surface area contributed by atoms with E-state index in [1.165, 1.54) is 4.90 Å². The maximum atomic E-state index is 12.3. The molecule has 1 aromatic heterocycles. The fraction of sp³-hybridized carbons (Fsp3) is 0.615. The highest BCUT2D eigenvalue weighted by Crippen LogP contribution is 2.21. The van der Waals surface area contributed by atoms with Crippen LogP contribution >= 0.6 is 0 Å². The molecule has 2 rings (SSSR count). The molecular weight excluding hydrogens is 248 g/mol. The number of amides is 1. The summed E-state index contributed by atoms with van der Waals surface area (Å²) in [6.07, 6.45) is 2.14. The number of carboxylic acid groups (broad SMARTS) is 1. The summed E-state index contributed by atoms with van der Waals surface area (Å²) in [7, 11) is 0. The Hall–Kier alpha value is -1.85. The highest BCUT2D eigenvalue weighted by Gasteiger charge is 2.34. The summed E-state index contributed by atoms with van der Waals surface area (Å²) in [5, 5.41) is 13.0. The molecule has 1 amide bonds. The third-order valence-electron chi connectivity index (χ3n) is 3.38. The summed E-state index contributed by atoms with van der Waals surface area (Å²) in [5.41, 5.74) is 0.701. The number of hydrogen-bond acceptors (Lipinski definition) is 4. The molecule has 1 atom stereocenters. The van der Waals surface area contributed by atoms with Crippen molar-refractivity contribution in [3.8, 4) is 0 Å². The number of rotatable bonds is 3. The number of hydrogen-bond donors (Lipinski definition) is 1. The van der Waals surface area contributed by atoms with Gasteiger partial charge in [0.1, 0.15) is 6.04 Å². The molecule has 1 N–H and O–H groups in total. The van der Waals surface area contributed by atoms with Gasteiger partial charge in [-0.05, 0) is 25.2 Å². The van der Waals surface area contributed by atoms with E-state index < -0.39 is 12.0 Å². The molecule has 0 saturated carbocycles. The van der Waals surface area contributed by atoms with Gasteiger partial charge in [-0.3, -0.25) is 4.79 Å². The Kier molecular flexibility index (Phi) is 3.87. The van der Waals surface area contributed by atoms with E-state index in [1.807, 2.05) is 13.8 Å². The van der Waals surface area contributed by atoms with Crippen LogP contribution in [-0.2, 0) is 4.79 Å². The summed E-state index contributed by atoms with van der Waals surface area (Å²) in [4.78, 5) is 24.8. The lowest BCUT2D eigenvalue weighted by atomic mass is 10.0. The van der Waals surface area contributed by atoms with Crippen LogP contribution in [0.15, 0.2) is 10.6 Å². The minimum Gasteiger partial charge on any atom is -0.480 e. The third kappa shape index (κ3) is 2.77. The summed E-state index contributed by atoms with van der Waals surface area (Å²) in [6, 6.07) is 0.842. The highest BCUT2D eigenvalue weighted by atomic mass is 16.5. The average Bonchev–Trinajstić information content (AvgIpc) is 2.87. The van der Waals surface area contributed by atoms with Crippen LogP contribution in [0.1, 0.15) is 55.3 Å². The van der Waals surface area contributed by atoms with Crippen LogP contribution < -0.4 is 0 Å². The molecule has 1 fully saturated rings. The molecule has 2 heterocycles. The largest absolute Gasteiger partial charge is 0.480 e. The van der Waals surface area contributed by atoms with E-state index in [4.69, 9.17) is 9.63 Å². The van der Waals surface area contributed by atoms with Gasteiger partial charge in [0.25, 0.3) is 5.91 Å². The Morgan fingerprint density at radius 1 is 1.47 bits per heavy atom. The first kappa shape index (κ1) is 13.6. The number of carbonyl (C=O) groups excluding carboxylic acids is 1. The Morgan fingerprint density at radius 3 is 2.79 bits per heavy atom. The Balaban J connectivity index is 2.18. The van der Waals surface area contributed by atoms with Crippen molar-refractivity contribution in [3.05, 3.63) is 17.5 Å². The lowest BCUT2D eigenvalue weighted by Gasteiger charge is -2.31. The molecule has 1 aromatic rings. The molecule has 1 aliphatic heterocycles. The topological polar surface area (TPSA) is 83.6 Å². The first-order chi connectivity index (χ1) is 9.00. The molecule has 104 valence electrons. The van der Waals surface area contributed by atoms with Gasteiger partial charge in [-0.1, -0.05) is 19.0 Å². The van der Waals surface area contributed by atoms with Crippen molar-refractivity contribution in [3.63, 3.8) is 0 Å². The second-order valence-corrected chi connectivity index (χ2v) is 5.12. The van der Waals surface area contributed by atoms with Gasteiger partial charge < -0.3 is 14.5 Å². The van der Waals surface area contributed by atoms with Crippen LogP contribution in [-0.4, -0.2) is 39.6 Å². The Morgan fingerprint density at radius 2 is 2.21 bits per heavy atom. The first-order valence-corrected chi connectivity index (χ1v) is 6.51. The molecule has 6 heteroatoms. The maximum Gasteiger partial charge on any atom is 0.326 e. The number of carbonyl (C=O) groups is 2. The molecule has 1 aliphatic rings. The molecule has 0 spiro atoms. The highest BCUT2D eigenvalue weighted by molar-refractivity contribution is 5.94. The zero-order valence-electron chi connectivity index (χ0n) is 11.1. The minimum absolute atomic E-state index is 0.122. The van der Waals surface area contributed by atoms with Crippen molar-refractivity contribution >= 4 is 11.9 Å². The number of carboxylic acids is 1. The first-order valence-electron chi connectivity index (χ1n) is 6.51. The number of piperidine rings is 1. The third-order valence-corrected chi connectivity index (χ3v) is 3.38. The van der Waals surface area contributed by atoms with E-state index in [0.717, 1.165) is 12.8 Å². The van der Waals surface area contributed by atoms with Crippen LogP contribution in [0.4, 0.5) is 0 Å². The average molecular weight is 266 g/mol. The zero-order chi connectivity index (χ0) is 14.0. The van der Waals surface area contributed by atoms with E-state index >= 15 is 0 Å². The maximum absolute atomic E-state index is 12.3. The lowest BCUT2D eigenvalue weighted by Crippen LogP contribution is -2.47. The van der Waals surface area contributed by atoms with Crippen molar-refractivity contribution in [2.24, 2.45) is 0 Å². The SMILES string of the molecule is CC(C)c1cc(C(=O)N2CCCC[C@@H]2C(=O)O)on1. The summed E-state index contributed by atoms with van der Waals surface area (Å²) >= 11 is 0. The molecular formula is C13H18N2O4. The molecule has 19 heavy (non-hydrogen) atoms. The van der Waals surface area contributed by atoms with Gasteiger partial charge in [0.05, 0.1) is 5.69 Å². The van der Waals surface area contributed by atoms with Crippen molar-refractivity contribution in [1.82, 2.24) is 10.1 Å². The van der Waals surface area contributed by atoms with Gasteiger partial charge in [-0.15, -0.1) is 0 Å². The molecule has 0 bridgehead atoms. The Labute approximate surface area is 111 Å². The van der Waals surface area contributed by atoms with Gasteiger partial charge >= 0.3 is 5.97 Å². The standard InChI is InChI=1S/C13H18N2O4/c1-8(2)9-7-11(19-14-9)12(16)15-6-4-3-5-10(15)13(17)18/h7-8,10H,3-6H2,1-2H3,(H,17,18)/t10-/m1/s1. The molecule has 0 aliphatic carbocycles. The second kappa shape index (κ2) is 5.42. The predicted molar refractivity (Wildman–Crippen MR) is 66.9 cm³/mol. The van der Waals surface area contributed by atoms with Crippen molar-refractivity contribution in [2.45, 2.75) is 45.1 Å². The van der Waals surface area contributed by atoms with Gasteiger partial charge in [0.15, 0.2) is 0 Å². The monoisotopic (exact) mass is 266 g/mol. The Bertz CT molecular complexity index is 481. The van der Waals surface area contributed by atoms with Gasteiger partial charge in [0, 0.05) is 12.6 Å². The normalized spacial score (nSPS) is 19.7. The van der Waals surface area contributed by atoms with Crippen LogP contribution in [0.5, 0.6) is 0 Å². The molecule has 0 aromatic carbocycles. The molecule has 0 unspecified atom stereocenters. The van der Waals surface area contributed by atoms with Crippen LogP contribution in [0.2, 0.25) is 0 Å². The van der Waals surface area contributed by atoms with E-state index in [1.54, 1.807) is 6.07 Å². The fourth-order valence-corrected chi connectivity index (χ4v) is 2.23. The van der Waals surface area contributed by atoms with E-state index in [9.17, 15) is 9.59 Å². The quantitative estimate of drug-likeness (QED) is 0.903. The van der Waals surface area contributed by atoms with Gasteiger partial charge in [-0.2, -0.15) is 0 Å². The van der Waals surface area contributed by atoms with Crippen LogP contribution in [0.3, 0.4) is 0 Å². The molecule has 6 nitrogen and oxygen atoms in total. The fourth-order valence-electron chi connectivity index (χ4n) is 2.23. The second-order valence-electron chi connectivity index (χ2n) is 5.12. The van der Waals surface area contributed by atoms with Crippen molar-refractivity contribution < 1.29 is 19.2 Å². The van der Waals surface area contributed by atoms with Crippen molar-refractivity contribution in [1.29, 1.82) is 0 Å². The number of likely N-dealkylation sites (tertiary alicyclic amines) is 1. The van der Waals surface area contributed by atoms with Crippen LogP contribution in [0.25, 0.3) is 0 Å². The van der Waals surface area contributed by atoms with Crippen molar-refractivity contribution in [2.75, 3.05) is 6.54 Å². The summed E-state index contributed by atoms with van der Waals surface area (Å²) in [6.45, 7) is 4.35. The number of aliphatic carboxylic acids is 1. The summed E-state index contributed by atoms with van der Waals surface area (Å²) in [5.74, 6) is -1.05. The zero-order valence-corrected chi connectivity index (χ0v) is 11.1. The number of aromatic nitrogens is 1. The van der Waals surface area contributed by atoms with E-state index in [2.05, 4.69) is 5.16 Å². The van der Waals surface area contributed by atoms with E-state index in [0.29, 0.717) is 18.7 Å². The minimum atomic E-state index is -0.961. The lowest BCUT2D eigenvalue weighted by molar-refractivity contribution is -0.143. The predicted octanol–water partition coefficient (Wildman–Crippen LogP) is 1.88. The molecule has 0 radical (unpaired) electrons. The summed E-state index contributed by atoms with van der Waals surface area (Å²) < 4.78 is 5.03. The number of nitrogens with zero attached hydrogens (tertiary/aromatic N) is 2.